The molecule has 3 radical (unpaired) electrons. The first-order valence-electron chi connectivity index (χ1n) is 15.4. The third-order valence-electron chi connectivity index (χ3n) is 8.73. The third-order valence-corrected chi connectivity index (χ3v) is 8.73. The van der Waals surface area contributed by atoms with Crippen LogP contribution in [0.2, 0.25) is 0 Å². The molecule has 4 aromatic rings. The number of hydrogen-bond acceptors (Lipinski definition) is 2. The fourth-order valence-electron chi connectivity index (χ4n) is 6.73. The molecule has 2 nitrogen and oxygen atoms in total. The zero-order chi connectivity index (χ0) is 30.9. The molecule has 4 aliphatic rings. The average Bonchev–Trinajstić information content (AvgIpc) is 3.93. The van der Waals surface area contributed by atoms with Gasteiger partial charge in [0.1, 0.15) is 0 Å². The number of ketones is 1. The van der Waals surface area contributed by atoms with Gasteiger partial charge in [0.2, 0.25) is 0 Å². The molecule has 3 unspecified atom stereocenters. The minimum absolute atomic E-state index is 0. The fourth-order valence-corrected chi connectivity index (χ4v) is 6.73. The topological polar surface area (TPSA) is 40.1 Å². The van der Waals surface area contributed by atoms with Gasteiger partial charge < -0.3 is 5.11 Å². The van der Waals surface area contributed by atoms with E-state index in [4.69, 9.17) is 0 Å². The van der Waals surface area contributed by atoms with Crippen molar-refractivity contribution in [1.82, 2.24) is 0 Å². The van der Waals surface area contributed by atoms with E-state index in [1.54, 1.807) is 0 Å². The Labute approximate surface area is 298 Å². The Kier molecular flexibility index (Phi) is 11.5. The summed E-state index contributed by atoms with van der Waals surface area (Å²) in [4.78, 5) is 14.2. The second-order valence-corrected chi connectivity index (χ2v) is 11.3. The maximum atomic E-state index is 14.2. The molecule has 3 atom stereocenters. The molecule has 4 aromatic carbocycles. The Bertz CT molecular complexity index is 1640. The first-order valence-corrected chi connectivity index (χ1v) is 15.4. The molecular formula is C43H35O2Y-. The van der Waals surface area contributed by atoms with Crippen molar-refractivity contribution in [3.05, 3.63) is 223 Å². The zero-order valence-corrected chi connectivity index (χ0v) is 28.4. The van der Waals surface area contributed by atoms with Crippen LogP contribution in [0.5, 0.6) is 0 Å². The Balaban J connectivity index is 0.000000323. The molecule has 1 saturated carbocycles. The predicted molar refractivity (Wildman–Crippen MR) is 182 cm³/mol. The Hall–Kier alpha value is -4.11. The number of benzene rings is 4. The zero-order valence-electron chi connectivity index (χ0n) is 25.6. The van der Waals surface area contributed by atoms with E-state index < -0.39 is 11.3 Å². The number of Topliss-reactive ketones (excluding diaryl/α,β-unsaturated/α-hetero) is 1. The summed E-state index contributed by atoms with van der Waals surface area (Å²) in [5.74, 6) is -0.742. The van der Waals surface area contributed by atoms with Gasteiger partial charge in [0.05, 0.1) is 5.41 Å². The summed E-state index contributed by atoms with van der Waals surface area (Å²) < 4.78 is 0. The van der Waals surface area contributed by atoms with Gasteiger partial charge in [-0.3, -0.25) is 4.79 Å². The van der Waals surface area contributed by atoms with E-state index in [1.165, 1.54) is 0 Å². The van der Waals surface area contributed by atoms with Crippen LogP contribution in [0.3, 0.4) is 0 Å². The monoisotopic (exact) mass is 672 g/mol. The van der Waals surface area contributed by atoms with Gasteiger partial charge in [-0.2, -0.15) is 0 Å². The van der Waals surface area contributed by atoms with Gasteiger partial charge in [-0.25, -0.2) is 0 Å². The van der Waals surface area contributed by atoms with Crippen LogP contribution in [0, 0.1) is 30.6 Å². The van der Waals surface area contributed by atoms with E-state index in [1.807, 2.05) is 189 Å². The molecule has 0 amide bonds. The van der Waals surface area contributed by atoms with Gasteiger partial charge in [0.15, 0.2) is 5.78 Å². The average molecular weight is 673 g/mol. The maximum absolute atomic E-state index is 14.2. The fraction of sp³-hybridized carbons (Fsp3) is 0.0930. The smallest absolute Gasteiger partial charge is 0.153 e. The van der Waals surface area contributed by atoms with Crippen molar-refractivity contribution in [3.8, 4) is 0 Å². The van der Waals surface area contributed by atoms with Gasteiger partial charge in [-0.15, -0.1) is 5.76 Å². The Morgan fingerprint density at radius 3 is 1.28 bits per heavy atom. The van der Waals surface area contributed by atoms with Crippen molar-refractivity contribution in [2.75, 3.05) is 0 Å². The van der Waals surface area contributed by atoms with E-state index in [9.17, 15) is 9.90 Å². The van der Waals surface area contributed by atoms with Crippen molar-refractivity contribution >= 4 is 11.4 Å². The van der Waals surface area contributed by atoms with Gasteiger partial charge >= 0.3 is 0 Å². The van der Waals surface area contributed by atoms with E-state index in [-0.39, 0.29) is 56.1 Å². The first-order chi connectivity index (χ1) is 22.2. The van der Waals surface area contributed by atoms with Gasteiger partial charge in [-0.05, 0) is 33.7 Å². The Morgan fingerprint density at radius 2 is 0.913 bits per heavy atom. The third kappa shape index (κ3) is 6.70. The first kappa shape index (κ1) is 33.3. The van der Waals surface area contributed by atoms with Crippen molar-refractivity contribution in [2.24, 2.45) is 17.8 Å². The summed E-state index contributed by atoms with van der Waals surface area (Å²) in [7, 11) is 0. The summed E-state index contributed by atoms with van der Waals surface area (Å²) in [5.41, 5.74) is 3.66. The quantitative estimate of drug-likeness (QED) is 0.158. The van der Waals surface area contributed by atoms with E-state index in [2.05, 4.69) is 6.08 Å². The number of allylic oxidation sites excluding steroid dienone is 10. The normalized spacial score (nSPS) is 20.3. The van der Waals surface area contributed by atoms with Crippen molar-refractivity contribution in [3.63, 3.8) is 0 Å². The molecule has 8 rings (SSSR count). The molecule has 0 saturated heterocycles. The van der Waals surface area contributed by atoms with Crippen LogP contribution < -0.4 is 5.11 Å². The summed E-state index contributed by atoms with van der Waals surface area (Å²) in [6.07, 6.45) is 24.1. The number of fused-ring (bicyclic) bond motifs is 1. The molecule has 0 heterocycles. The van der Waals surface area contributed by atoms with E-state index in [0.717, 1.165) is 22.3 Å². The SMILES string of the molecule is O=C1C2C(C([O-])=C(c3ccccc3)c3ccccc3)C=CC2C1(c1ccccc1)c1ccccc1.[CH]1C=CC=C1.[CH]1C=CC=C1.[Y]. The summed E-state index contributed by atoms with van der Waals surface area (Å²) in [6, 6.07) is 39.6. The van der Waals surface area contributed by atoms with E-state index >= 15 is 0 Å². The van der Waals surface area contributed by atoms with Crippen molar-refractivity contribution < 1.29 is 42.6 Å². The van der Waals surface area contributed by atoms with Crippen LogP contribution in [0.25, 0.3) is 5.57 Å². The van der Waals surface area contributed by atoms with Crippen LogP contribution in [0.15, 0.2) is 188 Å². The molecule has 0 N–H and O–H groups in total. The number of hydrogen-bond donors (Lipinski definition) is 0. The summed E-state index contributed by atoms with van der Waals surface area (Å²) >= 11 is 0. The van der Waals surface area contributed by atoms with Crippen LogP contribution in [0.1, 0.15) is 22.3 Å². The molecule has 4 aliphatic carbocycles. The molecule has 0 bridgehead atoms. The second-order valence-electron chi connectivity index (χ2n) is 11.3. The van der Waals surface area contributed by atoms with Crippen molar-refractivity contribution in [1.29, 1.82) is 0 Å². The molecule has 0 spiro atoms. The summed E-state index contributed by atoms with van der Waals surface area (Å²) in [6.45, 7) is 0. The van der Waals surface area contributed by atoms with Crippen molar-refractivity contribution in [2.45, 2.75) is 5.41 Å². The second kappa shape index (κ2) is 15.9. The number of rotatable bonds is 5. The van der Waals surface area contributed by atoms with Crippen LogP contribution in [-0.4, -0.2) is 5.78 Å². The maximum Gasteiger partial charge on any atom is 0.153 e. The van der Waals surface area contributed by atoms with Crippen LogP contribution >= 0.6 is 0 Å². The minimum atomic E-state index is -0.752. The standard InChI is InChI=1S/C33H26O2.2C5H5.Y/c34-31(29(23-13-5-1-6-14-23)24-15-7-2-8-16-24)27-21-22-28-30(27)32(35)33(28,25-17-9-3-10-18-25)26-19-11-4-12-20-26;2*1-2-4-5-3-1;/h1-22,27-28,30,34H;2*1-5H;/p-1. The molecule has 223 valence electrons. The Morgan fingerprint density at radius 1 is 0.522 bits per heavy atom. The molecule has 0 aliphatic heterocycles. The molecule has 3 heteroatoms. The van der Waals surface area contributed by atoms with Gasteiger partial charge in [0.25, 0.3) is 0 Å². The molecule has 46 heavy (non-hydrogen) atoms. The molecular weight excluding hydrogens is 637 g/mol. The van der Waals surface area contributed by atoms with E-state index in [0.29, 0.717) is 5.57 Å². The van der Waals surface area contributed by atoms with Gasteiger partial charge in [0, 0.05) is 57.4 Å². The molecule has 0 aromatic heterocycles. The van der Waals surface area contributed by atoms with Gasteiger partial charge in [-0.1, -0.05) is 182 Å². The summed E-state index contributed by atoms with van der Waals surface area (Å²) in [5, 5.41) is 14.1. The van der Waals surface area contributed by atoms with Crippen LogP contribution in [0.4, 0.5) is 0 Å². The minimum Gasteiger partial charge on any atom is -0.875 e. The number of carbonyl (C=O) groups excluding carboxylic acids is 1. The number of carbonyl (C=O) groups is 1. The largest absolute Gasteiger partial charge is 0.875 e. The van der Waals surface area contributed by atoms with Crippen LogP contribution in [-0.2, 0) is 42.9 Å². The predicted octanol–water partition coefficient (Wildman–Crippen LogP) is 8.42. The molecule has 1 fully saturated rings.